The molecule has 0 radical (unpaired) electrons. The minimum Gasteiger partial charge on any atom is -0.479 e. The van der Waals surface area contributed by atoms with Gasteiger partial charge in [0.1, 0.15) is 10.6 Å². The van der Waals surface area contributed by atoms with Crippen LogP contribution in [0.3, 0.4) is 0 Å². The molecular formula is C32H46N2O5S2. The van der Waals surface area contributed by atoms with Crippen molar-refractivity contribution in [2.24, 2.45) is 0 Å². The van der Waals surface area contributed by atoms with Crippen molar-refractivity contribution >= 4 is 42.7 Å². The van der Waals surface area contributed by atoms with Crippen LogP contribution in [0.1, 0.15) is 110 Å². The average molecular weight is 603 g/mol. The van der Waals surface area contributed by atoms with Gasteiger partial charge in [0, 0.05) is 0 Å². The summed E-state index contributed by atoms with van der Waals surface area (Å²) in [6.45, 7) is 8.36. The predicted octanol–water partition coefficient (Wildman–Crippen LogP) is 8.93. The van der Waals surface area contributed by atoms with Gasteiger partial charge in [-0.25, -0.2) is 18.2 Å². The Bertz CT molecular complexity index is 1330. The first-order valence-electron chi connectivity index (χ1n) is 15.0. The van der Waals surface area contributed by atoms with Gasteiger partial charge in [-0.2, -0.15) is 0 Å². The van der Waals surface area contributed by atoms with Crippen molar-refractivity contribution in [3.8, 4) is 5.75 Å². The first kappa shape index (κ1) is 32.9. The van der Waals surface area contributed by atoms with E-state index in [0.717, 1.165) is 35.9 Å². The molecule has 0 aliphatic heterocycles. The van der Waals surface area contributed by atoms with Crippen LogP contribution in [-0.4, -0.2) is 30.6 Å². The number of anilines is 1. The summed E-state index contributed by atoms with van der Waals surface area (Å²) in [5.41, 5.74) is 1.26. The third-order valence-corrected chi connectivity index (χ3v) is 10.2. The maximum atomic E-state index is 13.7. The number of hydrogen-bond donors (Lipinski definition) is 2. The van der Waals surface area contributed by atoms with Crippen LogP contribution >= 0.6 is 11.3 Å². The summed E-state index contributed by atoms with van der Waals surface area (Å²) in [4.78, 5) is 16.5. The van der Waals surface area contributed by atoms with E-state index in [1.807, 2.05) is 51.1 Å². The second kappa shape index (κ2) is 15.5. The molecule has 9 heteroatoms. The molecule has 0 aliphatic rings. The van der Waals surface area contributed by atoms with Gasteiger partial charge in [-0.3, -0.25) is 4.72 Å². The van der Waals surface area contributed by atoms with Gasteiger partial charge >= 0.3 is 5.97 Å². The number of sulfonamides is 1. The number of ether oxygens (including phenoxy) is 1. The van der Waals surface area contributed by atoms with Gasteiger partial charge in [0.25, 0.3) is 10.0 Å². The summed E-state index contributed by atoms with van der Waals surface area (Å²) in [6, 6.07) is 12.5. The molecule has 2 N–H and O–H groups in total. The Morgan fingerprint density at radius 3 is 2.22 bits per heavy atom. The quantitative estimate of drug-likeness (QED) is 0.133. The van der Waals surface area contributed by atoms with E-state index in [4.69, 9.17) is 4.74 Å². The molecule has 41 heavy (non-hydrogen) atoms. The SMILES string of the molecule is CCCCCCCCCCCCC(Oc1ccc(C(C)(C)CC)cc1S(=O)(=O)Nc1nc2ccccc2s1)C(=O)O. The lowest BCUT2D eigenvalue weighted by Gasteiger charge is -2.25. The van der Waals surface area contributed by atoms with E-state index in [0.29, 0.717) is 18.4 Å². The van der Waals surface area contributed by atoms with Crippen LogP contribution in [0.2, 0.25) is 0 Å². The van der Waals surface area contributed by atoms with Crippen molar-refractivity contribution < 1.29 is 23.1 Å². The fourth-order valence-corrected chi connectivity index (χ4v) is 6.99. The Morgan fingerprint density at radius 2 is 1.61 bits per heavy atom. The molecule has 7 nitrogen and oxygen atoms in total. The molecule has 0 spiro atoms. The van der Waals surface area contributed by atoms with E-state index in [1.165, 1.54) is 49.9 Å². The molecule has 1 heterocycles. The highest BCUT2D eigenvalue weighted by atomic mass is 32.2. The largest absolute Gasteiger partial charge is 0.479 e. The number of rotatable bonds is 19. The second-order valence-corrected chi connectivity index (χ2v) is 14.1. The van der Waals surface area contributed by atoms with E-state index in [9.17, 15) is 18.3 Å². The Morgan fingerprint density at radius 1 is 0.976 bits per heavy atom. The number of hydrogen-bond acceptors (Lipinski definition) is 6. The number of unbranched alkanes of at least 4 members (excludes halogenated alkanes) is 9. The molecule has 1 aromatic heterocycles. The van der Waals surface area contributed by atoms with Crippen molar-refractivity contribution in [3.63, 3.8) is 0 Å². The lowest BCUT2D eigenvalue weighted by molar-refractivity contribution is -0.145. The average Bonchev–Trinajstić information content (AvgIpc) is 3.34. The van der Waals surface area contributed by atoms with Crippen LogP contribution in [0.25, 0.3) is 10.2 Å². The van der Waals surface area contributed by atoms with Gasteiger partial charge in [0.15, 0.2) is 11.2 Å². The molecule has 1 atom stereocenters. The zero-order valence-electron chi connectivity index (χ0n) is 24.9. The summed E-state index contributed by atoms with van der Waals surface area (Å²) >= 11 is 1.25. The van der Waals surface area contributed by atoms with E-state index in [1.54, 1.807) is 12.1 Å². The van der Waals surface area contributed by atoms with Gasteiger partial charge < -0.3 is 9.84 Å². The number of nitrogens with zero attached hydrogens (tertiary/aromatic N) is 1. The molecule has 3 aromatic rings. The molecule has 1 unspecified atom stereocenters. The zero-order chi connectivity index (χ0) is 29.9. The molecule has 0 bridgehead atoms. The Hall–Kier alpha value is -2.65. The topological polar surface area (TPSA) is 106 Å². The zero-order valence-corrected chi connectivity index (χ0v) is 26.6. The Balaban J connectivity index is 1.73. The fourth-order valence-electron chi connectivity index (χ4n) is 4.73. The number of carbonyl (C=O) groups is 1. The maximum Gasteiger partial charge on any atom is 0.344 e. The highest BCUT2D eigenvalue weighted by Gasteiger charge is 2.29. The molecule has 0 fully saturated rings. The van der Waals surface area contributed by atoms with Gasteiger partial charge in [0.05, 0.1) is 10.2 Å². The van der Waals surface area contributed by atoms with Crippen molar-refractivity contribution in [2.75, 3.05) is 4.72 Å². The summed E-state index contributed by atoms with van der Waals surface area (Å²) in [5.74, 6) is -1.06. The number of thiazole rings is 1. The molecule has 0 saturated heterocycles. The van der Waals surface area contributed by atoms with Crippen LogP contribution in [0.15, 0.2) is 47.4 Å². The van der Waals surface area contributed by atoms with Crippen LogP contribution < -0.4 is 9.46 Å². The third kappa shape index (κ3) is 9.70. The van der Waals surface area contributed by atoms with Crippen molar-refractivity contribution in [3.05, 3.63) is 48.0 Å². The maximum absolute atomic E-state index is 13.7. The Kier molecular flexibility index (Phi) is 12.5. The van der Waals surface area contributed by atoms with Crippen molar-refractivity contribution in [1.82, 2.24) is 4.98 Å². The van der Waals surface area contributed by atoms with Crippen LogP contribution in [0, 0.1) is 0 Å². The lowest BCUT2D eigenvalue weighted by Crippen LogP contribution is -2.28. The number of carboxylic acid groups (broad SMARTS) is 1. The number of aliphatic carboxylic acids is 1. The number of nitrogens with one attached hydrogen (secondary N) is 1. The summed E-state index contributed by atoms with van der Waals surface area (Å²) in [6.07, 6.45) is 11.5. The van der Waals surface area contributed by atoms with Gasteiger partial charge in [0.2, 0.25) is 0 Å². The van der Waals surface area contributed by atoms with Crippen molar-refractivity contribution in [2.45, 2.75) is 121 Å². The third-order valence-electron chi connectivity index (χ3n) is 7.78. The van der Waals surface area contributed by atoms with E-state index < -0.39 is 22.1 Å². The first-order valence-corrected chi connectivity index (χ1v) is 17.3. The minimum atomic E-state index is -4.12. The highest BCUT2D eigenvalue weighted by molar-refractivity contribution is 7.93. The van der Waals surface area contributed by atoms with Crippen LogP contribution in [0.4, 0.5) is 5.13 Å². The number of benzene rings is 2. The van der Waals surface area contributed by atoms with Gasteiger partial charge in [-0.15, -0.1) is 0 Å². The highest BCUT2D eigenvalue weighted by Crippen LogP contribution is 2.35. The molecule has 3 rings (SSSR count). The summed E-state index contributed by atoms with van der Waals surface area (Å²) < 4.78 is 36.8. The monoisotopic (exact) mass is 602 g/mol. The first-order chi connectivity index (χ1) is 19.6. The summed E-state index contributed by atoms with van der Waals surface area (Å²) in [7, 11) is -4.12. The second-order valence-electron chi connectivity index (χ2n) is 11.4. The smallest absolute Gasteiger partial charge is 0.344 e. The number of para-hydroxylation sites is 1. The van der Waals surface area contributed by atoms with Gasteiger partial charge in [-0.05, 0) is 54.5 Å². The van der Waals surface area contributed by atoms with E-state index in [-0.39, 0.29) is 21.2 Å². The molecule has 0 saturated carbocycles. The molecular weight excluding hydrogens is 556 g/mol. The summed E-state index contributed by atoms with van der Waals surface area (Å²) in [5, 5.41) is 10.2. The number of carboxylic acids is 1. The molecule has 2 aromatic carbocycles. The fraction of sp³-hybridized carbons (Fsp3) is 0.562. The number of aromatic nitrogens is 1. The van der Waals surface area contributed by atoms with E-state index >= 15 is 0 Å². The predicted molar refractivity (Wildman–Crippen MR) is 169 cm³/mol. The van der Waals surface area contributed by atoms with Crippen molar-refractivity contribution in [1.29, 1.82) is 0 Å². The van der Waals surface area contributed by atoms with Crippen LogP contribution in [0.5, 0.6) is 5.75 Å². The number of fused-ring (bicyclic) bond motifs is 1. The van der Waals surface area contributed by atoms with Crippen LogP contribution in [-0.2, 0) is 20.2 Å². The van der Waals surface area contributed by atoms with E-state index in [2.05, 4.69) is 16.6 Å². The van der Waals surface area contributed by atoms with Gasteiger partial charge in [-0.1, -0.05) is 115 Å². The molecule has 226 valence electrons. The normalized spacial score (nSPS) is 12.9. The minimum absolute atomic E-state index is 0.0359. The molecule has 0 amide bonds. The lowest BCUT2D eigenvalue weighted by atomic mass is 9.82. The standard InChI is InChI=1S/C32H46N2O5S2/c1-5-7-8-9-10-11-12-13-14-15-19-27(30(35)36)39-26-22-21-24(32(3,4)6-2)23-29(26)41(37,38)34-31-33-25-18-16-17-20-28(25)40-31/h16-18,20-23,27H,5-15,19H2,1-4H3,(H,33,34)(H,35,36). The Labute approximate surface area is 249 Å². The molecule has 0 aliphatic carbocycles.